The van der Waals surface area contributed by atoms with Gasteiger partial charge >= 0.3 is 0 Å². The van der Waals surface area contributed by atoms with Crippen molar-refractivity contribution in [1.82, 2.24) is 4.98 Å². The molecule has 128 valence electrons. The number of aromatic nitrogens is 1. The second kappa shape index (κ2) is 6.33. The molecule has 1 aliphatic rings. The van der Waals surface area contributed by atoms with Crippen LogP contribution in [0.3, 0.4) is 0 Å². The van der Waals surface area contributed by atoms with Crippen molar-refractivity contribution in [1.29, 1.82) is 0 Å². The van der Waals surface area contributed by atoms with Crippen LogP contribution in [0.1, 0.15) is 12.5 Å². The first-order valence-corrected chi connectivity index (χ1v) is 8.15. The minimum absolute atomic E-state index is 0.118. The predicted molar refractivity (Wildman–Crippen MR) is 103 cm³/mol. The van der Waals surface area contributed by atoms with Gasteiger partial charge in [-0.05, 0) is 42.5 Å². The number of pyridine rings is 1. The lowest BCUT2D eigenvalue weighted by atomic mass is 10.0. The van der Waals surface area contributed by atoms with Crippen molar-refractivity contribution in [2.45, 2.75) is 6.92 Å². The van der Waals surface area contributed by atoms with Crippen molar-refractivity contribution in [3.05, 3.63) is 66.5 Å². The number of amides is 2. The summed E-state index contributed by atoms with van der Waals surface area (Å²) in [5.41, 5.74) is 4.56. The van der Waals surface area contributed by atoms with Crippen LogP contribution in [0.2, 0.25) is 0 Å². The lowest BCUT2D eigenvalue weighted by molar-refractivity contribution is -0.114. The molecule has 0 aliphatic carbocycles. The van der Waals surface area contributed by atoms with E-state index in [1.54, 1.807) is 24.5 Å². The highest BCUT2D eigenvalue weighted by Gasteiger charge is 2.26. The smallest absolute Gasteiger partial charge is 0.257 e. The lowest BCUT2D eigenvalue weighted by Gasteiger charge is -2.06. The van der Waals surface area contributed by atoms with Gasteiger partial charge in [0.25, 0.3) is 5.91 Å². The molecule has 2 amide bonds. The first-order valence-electron chi connectivity index (χ1n) is 8.15. The molecule has 2 heterocycles. The highest BCUT2D eigenvalue weighted by Crippen LogP contribution is 2.37. The van der Waals surface area contributed by atoms with Gasteiger partial charge in [0, 0.05) is 47.3 Å². The molecule has 0 bridgehead atoms. The third-order valence-corrected chi connectivity index (χ3v) is 4.14. The maximum absolute atomic E-state index is 12.4. The van der Waals surface area contributed by atoms with Crippen molar-refractivity contribution in [2.24, 2.45) is 0 Å². The van der Waals surface area contributed by atoms with E-state index in [-0.39, 0.29) is 11.8 Å². The number of hydrogen-bond donors (Lipinski definition) is 3. The zero-order chi connectivity index (χ0) is 18.1. The number of nitrogens with one attached hydrogen (secondary N) is 3. The summed E-state index contributed by atoms with van der Waals surface area (Å²) in [4.78, 5) is 27.8. The fraction of sp³-hybridized carbons (Fsp3) is 0.0500. The van der Waals surface area contributed by atoms with Crippen molar-refractivity contribution in [2.75, 3.05) is 16.0 Å². The first-order chi connectivity index (χ1) is 12.6. The quantitative estimate of drug-likeness (QED) is 0.634. The Morgan fingerprint density at radius 3 is 2.62 bits per heavy atom. The van der Waals surface area contributed by atoms with Crippen molar-refractivity contribution >= 4 is 45.4 Å². The zero-order valence-corrected chi connectivity index (χ0v) is 14.0. The lowest BCUT2D eigenvalue weighted by Crippen LogP contribution is -2.06. The van der Waals surface area contributed by atoms with Gasteiger partial charge in [-0.15, -0.1) is 0 Å². The fourth-order valence-corrected chi connectivity index (χ4v) is 3.00. The first kappa shape index (κ1) is 15.8. The summed E-state index contributed by atoms with van der Waals surface area (Å²) < 4.78 is 0. The second-order valence-electron chi connectivity index (χ2n) is 5.97. The van der Waals surface area contributed by atoms with E-state index >= 15 is 0 Å². The predicted octanol–water partition coefficient (Wildman–Crippen LogP) is 3.60. The monoisotopic (exact) mass is 344 g/mol. The minimum atomic E-state index is -0.154. The van der Waals surface area contributed by atoms with Crippen LogP contribution in [-0.2, 0) is 9.59 Å². The minimum Gasteiger partial charge on any atom is -0.361 e. The largest absolute Gasteiger partial charge is 0.361 e. The number of fused-ring (bicyclic) bond motifs is 3. The molecule has 6 heteroatoms. The number of benzene rings is 2. The molecule has 0 saturated heterocycles. The Labute approximate surface area is 149 Å². The molecular weight excluding hydrogens is 328 g/mol. The number of hydrogen-bond acceptors (Lipinski definition) is 4. The molecule has 6 nitrogen and oxygen atoms in total. The van der Waals surface area contributed by atoms with Gasteiger partial charge in [0.05, 0.1) is 11.1 Å². The van der Waals surface area contributed by atoms with E-state index in [0.717, 1.165) is 33.5 Å². The molecule has 3 N–H and O–H groups in total. The summed E-state index contributed by atoms with van der Waals surface area (Å²) in [6.45, 7) is 1.46. The SMILES string of the molecule is CC(=O)Nc1ccc(NC=C2C(=O)Nc3ccc4ncccc4c32)cc1. The molecule has 0 spiro atoms. The van der Waals surface area contributed by atoms with Gasteiger partial charge in [-0.3, -0.25) is 14.6 Å². The van der Waals surface area contributed by atoms with Crippen LogP contribution in [-0.4, -0.2) is 16.8 Å². The summed E-state index contributed by atoms with van der Waals surface area (Å²) in [5.74, 6) is -0.272. The average Bonchev–Trinajstić information content (AvgIpc) is 2.96. The summed E-state index contributed by atoms with van der Waals surface area (Å²) in [6, 6.07) is 14.8. The molecule has 0 fully saturated rings. The maximum Gasteiger partial charge on any atom is 0.257 e. The highest BCUT2D eigenvalue weighted by molar-refractivity contribution is 6.34. The van der Waals surface area contributed by atoms with Crippen LogP contribution in [0, 0.1) is 0 Å². The fourth-order valence-electron chi connectivity index (χ4n) is 3.00. The Balaban J connectivity index is 1.66. The molecule has 0 saturated carbocycles. The van der Waals surface area contributed by atoms with Gasteiger partial charge in [-0.1, -0.05) is 6.07 Å². The van der Waals surface area contributed by atoms with Gasteiger partial charge in [0.15, 0.2) is 0 Å². The van der Waals surface area contributed by atoms with Crippen LogP contribution in [0.4, 0.5) is 17.1 Å². The van der Waals surface area contributed by atoms with E-state index in [1.165, 1.54) is 6.92 Å². The average molecular weight is 344 g/mol. The standard InChI is InChI=1S/C20H16N4O2/c1-12(25)23-14-6-4-13(5-7-14)22-11-16-19-15-3-2-10-21-17(15)8-9-18(19)24-20(16)26/h2-11,22H,1H3,(H,23,25)(H,24,26). The molecule has 4 rings (SSSR count). The number of rotatable bonds is 3. The molecule has 26 heavy (non-hydrogen) atoms. The van der Waals surface area contributed by atoms with Gasteiger partial charge in [0.2, 0.25) is 5.91 Å². The molecule has 0 radical (unpaired) electrons. The highest BCUT2D eigenvalue weighted by atomic mass is 16.2. The normalized spacial score (nSPS) is 14.2. The molecule has 1 aromatic heterocycles. The Morgan fingerprint density at radius 2 is 1.85 bits per heavy atom. The summed E-state index contributed by atoms with van der Waals surface area (Å²) in [6.07, 6.45) is 3.43. The topological polar surface area (TPSA) is 83.1 Å². The van der Waals surface area contributed by atoms with E-state index in [2.05, 4.69) is 20.9 Å². The van der Waals surface area contributed by atoms with E-state index in [4.69, 9.17) is 0 Å². The number of nitrogens with zero attached hydrogens (tertiary/aromatic N) is 1. The molecule has 0 unspecified atom stereocenters. The van der Waals surface area contributed by atoms with Gasteiger partial charge in [-0.25, -0.2) is 0 Å². The Bertz CT molecular complexity index is 1060. The van der Waals surface area contributed by atoms with Crippen molar-refractivity contribution < 1.29 is 9.59 Å². The van der Waals surface area contributed by atoms with Crippen LogP contribution >= 0.6 is 0 Å². The van der Waals surface area contributed by atoms with Crippen molar-refractivity contribution in [3.63, 3.8) is 0 Å². The number of carbonyl (C=O) groups excluding carboxylic acids is 2. The summed E-state index contributed by atoms with van der Waals surface area (Å²) in [7, 11) is 0. The molecule has 0 atom stereocenters. The third-order valence-electron chi connectivity index (χ3n) is 4.14. The van der Waals surface area contributed by atoms with Gasteiger partial charge in [-0.2, -0.15) is 0 Å². The summed E-state index contributed by atoms with van der Waals surface area (Å²) >= 11 is 0. The van der Waals surface area contributed by atoms with Crippen LogP contribution < -0.4 is 16.0 Å². The van der Waals surface area contributed by atoms with Crippen LogP contribution in [0.15, 0.2) is 60.9 Å². The van der Waals surface area contributed by atoms with E-state index < -0.39 is 0 Å². The van der Waals surface area contributed by atoms with E-state index in [0.29, 0.717) is 5.57 Å². The van der Waals surface area contributed by atoms with Crippen LogP contribution in [0.25, 0.3) is 16.5 Å². The number of carbonyl (C=O) groups is 2. The Hall–Kier alpha value is -3.67. The van der Waals surface area contributed by atoms with Crippen LogP contribution in [0.5, 0.6) is 0 Å². The van der Waals surface area contributed by atoms with Crippen molar-refractivity contribution in [3.8, 4) is 0 Å². The molecule has 2 aromatic carbocycles. The van der Waals surface area contributed by atoms with Gasteiger partial charge in [0.1, 0.15) is 0 Å². The Morgan fingerprint density at radius 1 is 1.08 bits per heavy atom. The summed E-state index contributed by atoms with van der Waals surface area (Å²) in [5, 5.41) is 9.68. The number of anilines is 3. The molecule has 3 aromatic rings. The molecular formula is C20H16N4O2. The third kappa shape index (κ3) is 2.88. The van der Waals surface area contributed by atoms with Gasteiger partial charge < -0.3 is 16.0 Å². The molecule has 1 aliphatic heterocycles. The van der Waals surface area contributed by atoms with E-state index in [9.17, 15) is 9.59 Å². The maximum atomic E-state index is 12.4. The Kier molecular flexibility index (Phi) is 3.85. The zero-order valence-electron chi connectivity index (χ0n) is 14.0. The second-order valence-corrected chi connectivity index (χ2v) is 5.97. The van der Waals surface area contributed by atoms with E-state index in [1.807, 2.05) is 36.4 Å².